The van der Waals surface area contributed by atoms with E-state index in [2.05, 4.69) is 164 Å². The Labute approximate surface area is 328 Å². The van der Waals surface area contributed by atoms with E-state index >= 15 is 0 Å². The van der Waals surface area contributed by atoms with E-state index in [1.165, 1.54) is 31.8 Å². The van der Waals surface area contributed by atoms with E-state index in [0.717, 1.165) is 34.1 Å². The molecule has 262 valence electrons. The van der Waals surface area contributed by atoms with Gasteiger partial charge in [0, 0.05) is 11.1 Å². The molecule has 0 bridgehead atoms. The first-order valence-electron chi connectivity index (χ1n) is 15.8. The minimum absolute atomic E-state index is 0.478. The Morgan fingerprint density at radius 2 is 0.640 bits per heavy atom. The molecule has 50 heavy (non-hydrogen) atoms. The number of fused-ring (bicyclic) bond motifs is 2. The summed E-state index contributed by atoms with van der Waals surface area (Å²) in [6.07, 6.45) is 0. The molecule has 2 heterocycles. The third-order valence-corrected chi connectivity index (χ3v) is 13.1. The van der Waals surface area contributed by atoms with Crippen molar-refractivity contribution in [2.24, 2.45) is 0 Å². The summed E-state index contributed by atoms with van der Waals surface area (Å²) in [5.74, 6) is 3.04. The van der Waals surface area contributed by atoms with E-state index in [9.17, 15) is 0 Å². The Bertz CT molecular complexity index is 1750. The molecule has 0 aromatic heterocycles. The van der Waals surface area contributed by atoms with E-state index in [1.54, 1.807) is 40.0 Å². The van der Waals surface area contributed by atoms with Crippen LogP contribution >= 0.6 is 34.2 Å². The zero-order valence-electron chi connectivity index (χ0n) is 26.6. The van der Waals surface area contributed by atoms with E-state index in [1.807, 2.05) is 0 Å². The van der Waals surface area contributed by atoms with Gasteiger partial charge in [0.15, 0.2) is 23.0 Å². The van der Waals surface area contributed by atoms with Crippen LogP contribution in [0.1, 0.15) is 0 Å². The first-order valence-corrected chi connectivity index (χ1v) is 23.8. The second-order valence-corrected chi connectivity index (χ2v) is 15.4. The third kappa shape index (κ3) is 8.07. The van der Waals surface area contributed by atoms with Gasteiger partial charge in [-0.25, -0.2) is 0 Å². The van der Waals surface area contributed by atoms with Crippen molar-refractivity contribution < 1.29 is 58.9 Å². The van der Waals surface area contributed by atoms with Gasteiger partial charge in [-0.1, -0.05) is 121 Å². The summed E-state index contributed by atoms with van der Waals surface area (Å²) < 4.78 is 25.7. The fourth-order valence-corrected chi connectivity index (χ4v) is 11.1. The molecular formula is C40H32Au2Cl2O4P2. The summed E-state index contributed by atoms with van der Waals surface area (Å²) in [7, 11) is 7.20. The van der Waals surface area contributed by atoms with E-state index in [-0.39, 0.29) is 0 Å². The van der Waals surface area contributed by atoms with Crippen LogP contribution in [0.3, 0.4) is 0 Å². The van der Waals surface area contributed by atoms with E-state index in [0.29, 0.717) is 26.4 Å². The maximum absolute atomic E-state index is 6.60. The zero-order valence-corrected chi connectivity index (χ0v) is 34.2. The second-order valence-electron chi connectivity index (χ2n) is 11.0. The standard InChI is InChI=1S/C40H32O4P2.2Au.2ClH/c1-5-13-29(14-6-1)45(30-15-7-2-8-16-30)35-23-21-33-39(43-27-25-41-33)37(35)38-36(24-22-34-40(38)44-28-26-42-34)46(31-17-9-3-10-18-31)32-19-11-4-12-20-32;;;;/h1-24H,25-28H2;;;2*1H/q;2*+1;;/p-2. The number of rotatable bonds is 7. The molecule has 0 radical (unpaired) electrons. The number of halogens is 2. The van der Waals surface area contributed by atoms with Gasteiger partial charge in [-0.15, -0.1) is 0 Å². The molecule has 2 aliphatic rings. The summed E-state index contributed by atoms with van der Waals surface area (Å²) in [5.41, 5.74) is 2.04. The average molecular weight is 1100 g/mol. The first kappa shape index (κ1) is 37.2. The molecule has 2 aliphatic heterocycles. The monoisotopic (exact) mass is 1100 g/mol. The van der Waals surface area contributed by atoms with Crippen LogP contribution in [0.2, 0.25) is 0 Å². The van der Waals surface area contributed by atoms with Gasteiger partial charge in [0.05, 0.1) is 0 Å². The molecule has 0 unspecified atom stereocenters. The van der Waals surface area contributed by atoms with E-state index < -0.39 is 15.8 Å². The Hall–Kier alpha value is -2.56. The molecule has 0 amide bonds. The molecular weight excluding hydrogens is 1070 g/mol. The average Bonchev–Trinajstić information content (AvgIpc) is 3.21. The third-order valence-electron chi connectivity index (χ3n) is 8.16. The van der Waals surface area contributed by atoms with Crippen LogP contribution in [-0.2, 0) is 40.0 Å². The fraction of sp³-hybridized carbons (Fsp3) is 0.100. The molecule has 0 spiro atoms. The van der Waals surface area contributed by atoms with E-state index in [4.69, 9.17) is 18.9 Å². The largest absolute Gasteiger partial charge is 0.486 e. The topological polar surface area (TPSA) is 36.9 Å². The molecule has 4 nitrogen and oxygen atoms in total. The molecule has 0 N–H and O–H groups in total. The molecule has 6 aromatic carbocycles. The Kier molecular flexibility index (Phi) is 14.0. The number of benzene rings is 6. The van der Waals surface area contributed by atoms with Gasteiger partial charge < -0.3 is 18.9 Å². The van der Waals surface area contributed by atoms with Gasteiger partial charge in [-0.2, -0.15) is 0 Å². The number of hydrogen-bond donors (Lipinski definition) is 0. The van der Waals surface area contributed by atoms with Gasteiger partial charge in [0.1, 0.15) is 26.4 Å². The molecule has 10 heteroatoms. The minimum Gasteiger partial charge on any atom is -0.486 e. The van der Waals surface area contributed by atoms with Crippen LogP contribution in [0.4, 0.5) is 0 Å². The van der Waals surface area contributed by atoms with Crippen LogP contribution < -0.4 is 50.8 Å². The maximum atomic E-state index is 6.60. The Balaban J connectivity index is 0.00000104. The summed E-state index contributed by atoms with van der Waals surface area (Å²) in [5, 5.41) is 7.43. The molecule has 0 saturated heterocycles. The first-order chi connectivity index (χ1) is 24.9. The predicted molar refractivity (Wildman–Crippen MR) is 203 cm³/mol. The van der Waals surface area contributed by atoms with Crippen molar-refractivity contribution in [2.45, 2.75) is 0 Å². The second kappa shape index (κ2) is 18.8. The van der Waals surface area contributed by atoms with Crippen molar-refractivity contribution in [1.29, 1.82) is 0 Å². The zero-order chi connectivity index (χ0) is 34.7. The summed E-state index contributed by atoms with van der Waals surface area (Å²) >= 11 is 3.50. The van der Waals surface area contributed by atoms with Gasteiger partial charge >= 0.3 is 58.4 Å². The fourth-order valence-electron chi connectivity index (χ4n) is 6.23. The summed E-state index contributed by atoms with van der Waals surface area (Å²) in [6.45, 7) is 1.98. The molecule has 8 rings (SSSR count). The van der Waals surface area contributed by atoms with Gasteiger partial charge in [-0.3, -0.25) is 0 Å². The molecule has 6 aromatic rings. The molecule has 0 aliphatic carbocycles. The van der Waals surface area contributed by atoms with Crippen LogP contribution in [0.15, 0.2) is 146 Å². The molecule has 0 atom stereocenters. The van der Waals surface area contributed by atoms with Crippen molar-refractivity contribution in [2.75, 3.05) is 26.4 Å². The van der Waals surface area contributed by atoms with Crippen LogP contribution in [-0.4, -0.2) is 26.4 Å². The minimum atomic E-state index is -0.984. The van der Waals surface area contributed by atoms with Crippen molar-refractivity contribution in [3.63, 3.8) is 0 Å². The van der Waals surface area contributed by atoms with Crippen molar-refractivity contribution >= 4 is 66.0 Å². The predicted octanol–water partition coefficient (Wildman–Crippen LogP) is 7.79. The SMILES string of the molecule is [Cl][Au].[Cl][Au].c1ccc(P(c2ccccc2)c2ccc3c(c2-c2c(P(c4ccccc4)c4ccccc4)ccc4c2OCCO4)OCCO3)cc1. The molecule has 0 saturated carbocycles. The Morgan fingerprint density at radius 1 is 0.360 bits per heavy atom. The van der Waals surface area contributed by atoms with Crippen molar-refractivity contribution in [3.8, 4) is 34.1 Å². The van der Waals surface area contributed by atoms with Gasteiger partial charge in [-0.05, 0) is 71.9 Å². The summed E-state index contributed by atoms with van der Waals surface area (Å²) in [4.78, 5) is 0. The van der Waals surface area contributed by atoms with Gasteiger partial charge in [0.25, 0.3) is 0 Å². The van der Waals surface area contributed by atoms with Crippen LogP contribution in [0.5, 0.6) is 23.0 Å². The van der Waals surface area contributed by atoms with Crippen LogP contribution in [0.25, 0.3) is 11.1 Å². The quantitative estimate of drug-likeness (QED) is 0.121. The van der Waals surface area contributed by atoms with Crippen LogP contribution in [0, 0.1) is 0 Å². The molecule has 0 fully saturated rings. The summed E-state index contributed by atoms with van der Waals surface area (Å²) in [6, 6.07) is 51.9. The van der Waals surface area contributed by atoms with Gasteiger partial charge in [0.2, 0.25) is 0 Å². The number of hydrogen-bond acceptors (Lipinski definition) is 4. The number of ether oxygens (including phenoxy) is 4. The van der Waals surface area contributed by atoms with Crippen molar-refractivity contribution in [1.82, 2.24) is 0 Å². The smallest absolute Gasteiger partial charge is 0.169 e. The maximum Gasteiger partial charge on any atom is 0.169 e. The van der Waals surface area contributed by atoms with Crippen molar-refractivity contribution in [3.05, 3.63) is 146 Å². The normalized spacial score (nSPS) is 12.7. The Morgan fingerprint density at radius 3 is 0.940 bits per heavy atom.